The molecule has 0 aromatic heterocycles. The van der Waals surface area contributed by atoms with Gasteiger partial charge in [-0.05, 0) is 39.5 Å². The lowest BCUT2D eigenvalue weighted by atomic mass is 9.76. The van der Waals surface area contributed by atoms with Crippen molar-refractivity contribution in [3.8, 4) is 0 Å². The molecule has 0 aromatic carbocycles. The minimum atomic E-state index is -0.495. The SMILES string of the molecule is CCCCCCC(CO)(CNC(=O)OC(C)(C)C)CC(C)C. The van der Waals surface area contributed by atoms with E-state index in [1.165, 1.54) is 19.3 Å². The van der Waals surface area contributed by atoms with Gasteiger partial charge in [0.15, 0.2) is 0 Å². The van der Waals surface area contributed by atoms with Crippen molar-refractivity contribution in [1.29, 1.82) is 0 Å². The standard InChI is InChI=1S/C18H37NO3/c1-7-8-9-10-11-18(14-20,12-15(2)3)13-19-16(21)22-17(4,5)6/h15,20H,7-14H2,1-6H3,(H,19,21). The summed E-state index contributed by atoms with van der Waals surface area (Å²) in [6.07, 6.45) is 6.15. The van der Waals surface area contributed by atoms with Gasteiger partial charge in [-0.15, -0.1) is 0 Å². The summed E-state index contributed by atoms with van der Waals surface area (Å²) in [7, 11) is 0. The van der Waals surface area contributed by atoms with Gasteiger partial charge in [-0.1, -0.05) is 46.5 Å². The average molecular weight is 315 g/mol. The molecule has 0 saturated carbocycles. The van der Waals surface area contributed by atoms with Gasteiger partial charge in [0, 0.05) is 12.0 Å². The predicted octanol–water partition coefficient (Wildman–Crippen LogP) is 4.51. The monoisotopic (exact) mass is 315 g/mol. The third-order valence-corrected chi connectivity index (χ3v) is 3.74. The zero-order valence-electron chi connectivity index (χ0n) is 15.5. The fraction of sp³-hybridized carbons (Fsp3) is 0.944. The van der Waals surface area contributed by atoms with E-state index in [1.54, 1.807) is 0 Å². The number of amides is 1. The summed E-state index contributed by atoms with van der Waals surface area (Å²) in [5.74, 6) is 0.485. The van der Waals surface area contributed by atoms with Crippen molar-refractivity contribution in [2.45, 2.75) is 85.7 Å². The summed E-state index contributed by atoms with van der Waals surface area (Å²) in [6, 6.07) is 0. The fourth-order valence-electron chi connectivity index (χ4n) is 2.83. The van der Waals surface area contributed by atoms with Crippen LogP contribution in [0.1, 0.15) is 80.1 Å². The van der Waals surface area contributed by atoms with Crippen molar-refractivity contribution in [2.75, 3.05) is 13.2 Å². The Labute approximate surface area is 137 Å². The molecule has 22 heavy (non-hydrogen) atoms. The van der Waals surface area contributed by atoms with E-state index in [9.17, 15) is 9.90 Å². The number of aliphatic hydroxyl groups is 1. The molecule has 0 saturated heterocycles. The molecule has 0 bridgehead atoms. The molecule has 0 rings (SSSR count). The minimum absolute atomic E-state index is 0.104. The normalized spacial score (nSPS) is 14.7. The van der Waals surface area contributed by atoms with Gasteiger partial charge in [-0.25, -0.2) is 4.79 Å². The number of rotatable bonds is 10. The molecule has 1 unspecified atom stereocenters. The van der Waals surface area contributed by atoms with Crippen molar-refractivity contribution >= 4 is 6.09 Å². The second kappa shape index (κ2) is 10.1. The van der Waals surface area contributed by atoms with Gasteiger partial charge in [0.2, 0.25) is 0 Å². The smallest absolute Gasteiger partial charge is 0.407 e. The molecule has 1 amide bonds. The Morgan fingerprint density at radius 1 is 1.18 bits per heavy atom. The number of carbonyl (C=O) groups is 1. The Bertz CT molecular complexity index is 310. The van der Waals surface area contributed by atoms with Gasteiger partial charge < -0.3 is 15.2 Å². The molecule has 0 heterocycles. The minimum Gasteiger partial charge on any atom is -0.444 e. The fourth-order valence-corrected chi connectivity index (χ4v) is 2.83. The Morgan fingerprint density at radius 2 is 1.82 bits per heavy atom. The van der Waals surface area contributed by atoms with Crippen LogP contribution in [-0.2, 0) is 4.74 Å². The summed E-state index contributed by atoms with van der Waals surface area (Å²) >= 11 is 0. The van der Waals surface area contributed by atoms with E-state index in [4.69, 9.17) is 4.74 Å². The van der Waals surface area contributed by atoms with Crippen molar-refractivity contribution < 1.29 is 14.6 Å². The van der Waals surface area contributed by atoms with Crippen LogP contribution in [-0.4, -0.2) is 30.0 Å². The van der Waals surface area contributed by atoms with Crippen LogP contribution in [0.3, 0.4) is 0 Å². The molecule has 4 nitrogen and oxygen atoms in total. The largest absolute Gasteiger partial charge is 0.444 e. The van der Waals surface area contributed by atoms with Crippen LogP contribution in [0.15, 0.2) is 0 Å². The molecule has 1 atom stereocenters. The maximum Gasteiger partial charge on any atom is 0.407 e. The van der Waals surface area contributed by atoms with Gasteiger partial charge in [0.25, 0.3) is 0 Å². The number of alkyl carbamates (subject to hydrolysis) is 1. The van der Waals surface area contributed by atoms with Gasteiger partial charge in [-0.3, -0.25) is 0 Å². The van der Waals surface area contributed by atoms with E-state index in [0.717, 1.165) is 19.3 Å². The van der Waals surface area contributed by atoms with Gasteiger partial charge in [0.05, 0.1) is 6.61 Å². The lowest BCUT2D eigenvalue weighted by Gasteiger charge is -2.34. The van der Waals surface area contributed by atoms with E-state index in [1.807, 2.05) is 20.8 Å². The molecule has 0 aliphatic heterocycles. The van der Waals surface area contributed by atoms with Crippen molar-refractivity contribution in [3.63, 3.8) is 0 Å². The van der Waals surface area contributed by atoms with Crippen LogP contribution >= 0.6 is 0 Å². The molecule has 4 heteroatoms. The Hall–Kier alpha value is -0.770. The highest BCUT2D eigenvalue weighted by molar-refractivity contribution is 5.67. The first kappa shape index (κ1) is 21.2. The summed E-state index contributed by atoms with van der Waals surface area (Å²) < 4.78 is 5.29. The number of unbranched alkanes of at least 4 members (excludes halogenated alkanes) is 3. The number of nitrogens with one attached hydrogen (secondary N) is 1. The van der Waals surface area contributed by atoms with Crippen LogP contribution in [0.4, 0.5) is 4.79 Å². The molecule has 0 spiro atoms. The van der Waals surface area contributed by atoms with Crippen LogP contribution < -0.4 is 5.32 Å². The molecule has 0 aliphatic rings. The van der Waals surface area contributed by atoms with Gasteiger partial charge in [0.1, 0.15) is 5.60 Å². The van der Waals surface area contributed by atoms with Crippen LogP contribution in [0.25, 0.3) is 0 Å². The Kier molecular flexibility index (Phi) is 9.74. The first-order chi connectivity index (χ1) is 10.1. The molecular weight excluding hydrogens is 278 g/mol. The highest BCUT2D eigenvalue weighted by Gasteiger charge is 2.31. The van der Waals surface area contributed by atoms with Crippen molar-refractivity contribution in [2.24, 2.45) is 11.3 Å². The topological polar surface area (TPSA) is 58.6 Å². The van der Waals surface area contributed by atoms with E-state index < -0.39 is 11.7 Å². The van der Waals surface area contributed by atoms with Gasteiger partial charge >= 0.3 is 6.09 Å². The molecule has 0 aromatic rings. The van der Waals surface area contributed by atoms with E-state index in [0.29, 0.717) is 12.5 Å². The molecule has 0 fully saturated rings. The van der Waals surface area contributed by atoms with Crippen LogP contribution in [0.5, 0.6) is 0 Å². The number of carbonyl (C=O) groups excluding carboxylic acids is 1. The Balaban J connectivity index is 4.59. The maximum absolute atomic E-state index is 11.9. The van der Waals surface area contributed by atoms with Crippen molar-refractivity contribution in [3.05, 3.63) is 0 Å². The second-order valence-electron chi connectivity index (χ2n) is 7.92. The molecule has 0 aliphatic carbocycles. The third kappa shape index (κ3) is 10.0. The summed E-state index contributed by atoms with van der Waals surface area (Å²) in [5, 5.41) is 12.8. The average Bonchev–Trinajstić information content (AvgIpc) is 2.38. The highest BCUT2D eigenvalue weighted by Crippen LogP contribution is 2.32. The number of aliphatic hydroxyl groups excluding tert-OH is 1. The van der Waals surface area contributed by atoms with E-state index in [-0.39, 0.29) is 12.0 Å². The molecule has 2 N–H and O–H groups in total. The molecule has 132 valence electrons. The zero-order chi connectivity index (χ0) is 17.2. The molecule has 0 radical (unpaired) electrons. The first-order valence-corrected chi connectivity index (χ1v) is 8.72. The summed E-state index contributed by atoms with van der Waals surface area (Å²) in [5.41, 5.74) is -0.732. The number of hydrogen-bond acceptors (Lipinski definition) is 3. The first-order valence-electron chi connectivity index (χ1n) is 8.72. The zero-order valence-corrected chi connectivity index (χ0v) is 15.5. The Morgan fingerprint density at radius 3 is 2.27 bits per heavy atom. The van der Waals surface area contributed by atoms with Gasteiger partial charge in [-0.2, -0.15) is 0 Å². The summed E-state index contributed by atoms with van der Waals surface area (Å²) in [6.45, 7) is 12.6. The summed E-state index contributed by atoms with van der Waals surface area (Å²) in [4.78, 5) is 11.9. The highest BCUT2D eigenvalue weighted by atomic mass is 16.6. The number of ether oxygens (including phenoxy) is 1. The predicted molar refractivity (Wildman–Crippen MR) is 92.0 cm³/mol. The molecular formula is C18H37NO3. The third-order valence-electron chi connectivity index (χ3n) is 3.74. The van der Waals surface area contributed by atoms with E-state index >= 15 is 0 Å². The van der Waals surface area contributed by atoms with Crippen molar-refractivity contribution in [1.82, 2.24) is 5.32 Å². The van der Waals surface area contributed by atoms with E-state index in [2.05, 4.69) is 26.1 Å². The lowest BCUT2D eigenvalue weighted by Crippen LogP contribution is -2.43. The van der Waals surface area contributed by atoms with Crippen LogP contribution in [0, 0.1) is 11.3 Å². The maximum atomic E-state index is 11.9. The second-order valence-corrected chi connectivity index (χ2v) is 7.92. The quantitative estimate of drug-likeness (QED) is 0.583. The lowest BCUT2D eigenvalue weighted by molar-refractivity contribution is 0.0421. The van der Waals surface area contributed by atoms with Crippen LogP contribution in [0.2, 0.25) is 0 Å². The number of hydrogen-bond donors (Lipinski definition) is 2.